The Bertz CT molecular complexity index is 938. The molecule has 2 bridgehead atoms. The van der Waals surface area contributed by atoms with Gasteiger partial charge in [0.15, 0.2) is 0 Å². The highest BCUT2D eigenvalue weighted by Crippen LogP contribution is 2.45. The summed E-state index contributed by atoms with van der Waals surface area (Å²) in [4.78, 5) is 10.5. The largest absolute Gasteiger partial charge is 0.481 e. The van der Waals surface area contributed by atoms with Gasteiger partial charge in [-0.25, -0.2) is 13.1 Å². The first-order chi connectivity index (χ1) is 14.2. The molecule has 3 aliphatic carbocycles. The van der Waals surface area contributed by atoms with Gasteiger partial charge in [-0.15, -0.1) is 0 Å². The number of sulfonamides is 1. The standard InChI is InChI=1S/C21H24Cl3NO4S/c22-15-10-18(23)21(19(24)11-15)30(28,29)25-12-17-14-8-6-13(7-9-14)16(17)4-2-1-3-5-20(26)27/h2,4,6,8,10-11,13-14,16-17,25H,1,3,5,7,9,12H2,(H,26,27)/b4-2-. The number of fused-ring (bicyclic) bond motifs is 2. The van der Waals surface area contributed by atoms with Crippen molar-refractivity contribution in [2.45, 2.75) is 37.0 Å². The fraction of sp³-hybridized carbons (Fsp3) is 0.476. The lowest BCUT2D eigenvalue weighted by atomic mass is 9.62. The summed E-state index contributed by atoms with van der Waals surface area (Å²) in [5.41, 5.74) is 0. The van der Waals surface area contributed by atoms with Crippen LogP contribution in [0.15, 0.2) is 41.3 Å². The summed E-state index contributed by atoms with van der Waals surface area (Å²) < 4.78 is 28.5. The van der Waals surface area contributed by atoms with Crippen LogP contribution >= 0.6 is 34.8 Å². The Morgan fingerprint density at radius 3 is 2.37 bits per heavy atom. The molecule has 0 amide bonds. The number of carboxylic acids is 1. The maximum absolute atomic E-state index is 12.9. The number of nitrogens with one attached hydrogen (secondary N) is 1. The summed E-state index contributed by atoms with van der Waals surface area (Å²) in [6.07, 6.45) is 12.1. The molecule has 1 aromatic rings. The van der Waals surface area contributed by atoms with Crippen molar-refractivity contribution in [3.63, 3.8) is 0 Å². The van der Waals surface area contributed by atoms with Crippen LogP contribution in [0, 0.1) is 23.7 Å². The highest BCUT2D eigenvalue weighted by molar-refractivity contribution is 7.89. The van der Waals surface area contributed by atoms with Crippen LogP contribution in [0.5, 0.6) is 0 Å². The molecule has 3 aliphatic rings. The first-order valence-corrected chi connectivity index (χ1v) is 12.5. The Labute approximate surface area is 192 Å². The topological polar surface area (TPSA) is 83.5 Å². The van der Waals surface area contributed by atoms with Gasteiger partial charge in [0.05, 0.1) is 10.0 Å². The lowest BCUT2D eigenvalue weighted by Crippen LogP contribution is -2.43. The van der Waals surface area contributed by atoms with Gasteiger partial charge in [-0.05, 0) is 61.5 Å². The lowest BCUT2D eigenvalue weighted by Gasteiger charge is -2.44. The Kier molecular flexibility index (Phi) is 7.91. The van der Waals surface area contributed by atoms with E-state index in [-0.39, 0.29) is 44.8 Å². The van der Waals surface area contributed by atoms with Crippen LogP contribution in [0.25, 0.3) is 0 Å². The molecule has 1 saturated carbocycles. The molecule has 164 valence electrons. The molecular formula is C21H24Cl3NO4S. The fourth-order valence-electron chi connectivity index (χ4n) is 4.40. The summed E-state index contributed by atoms with van der Waals surface area (Å²) in [5, 5.41) is 9.00. The van der Waals surface area contributed by atoms with E-state index in [1.807, 2.05) is 6.08 Å². The molecule has 0 spiro atoms. The van der Waals surface area contributed by atoms with Crippen molar-refractivity contribution in [2.75, 3.05) is 6.54 Å². The zero-order valence-electron chi connectivity index (χ0n) is 16.2. The van der Waals surface area contributed by atoms with Gasteiger partial charge in [0.25, 0.3) is 0 Å². The minimum atomic E-state index is -3.90. The summed E-state index contributed by atoms with van der Waals surface area (Å²) in [6.45, 7) is 0.271. The number of hydrogen-bond donors (Lipinski definition) is 2. The molecule has 0 saturated heterocycles. The van der Waals surface area contributed by atoms with Gasteiger partial charge in [0, 0.05) is 18.0 Å². The third kappa shape index (κ3) is 5.60. The number of unbranched alkanes of at least 4 members (excludes halogenated alkanes) is 1. The van der Waals surface area contributed by atoms with Crippen molar-refractivity contribution in [1.29, 1.82) is 0 Å². The zero-order chi connectivity index (χ0) is 21.9. The van der Waals surface area contributed by atoms with E-state index in [4.69, 9.17) is 39.9 Å². The summed E-state index contributed by atoms with van der Waals surface area (Å²) in [5.74, 6) is 0.182. The highest BCUT2D eigenvalue weighted by Gasteiger charge is 2.39. The van der Waals surface area contributed by atoms with E-state index in [0.717, 1.165) is 12.8 Å². The Morgan fingerprint density at radius 1 is 1.13 bits per heavy atom. The van der Waals surface area contributed by atoms with E-state index in [1.54, 1.807) is 0 Å². The van der Waals surface area contributed by atoms with E-state index in [0.29, 0.717) is 24.7 Å². The van der Waals surface area contributed by atoms with Crippen molar-refractivity contribution >= 4 is 50.8 Å². The molecule has 2 N–H and O–H groups in total. The highest BCUT2D eigenvalue weighted by atomic mass is 35.5. The molecule has 4 rings (SSSR count). The van der Waals surface area contributed by atoms with E-state index >= 15 is 0 Å². The summed E-state index contributed by atoms with van der Waals surface area (Å²) >= 11 is 18.1. The van der Waals surface area contributed by atoms with Crippen molar-refractivity contribution in [3.8, 4) is 0 Å². The van der Waals surface area contributed by atoms with Crippen LogP contribution in [0.3, 0.4) is 0 Å². The van der Waals surface area contributed by atoms with Gasteiger partial charge in [0.1, 0.15) is 4.90 Å². The van der Waals surface area contributed by atoms with E-state index in [1.165, 1.54) is 12.1 Å². The Balaban J connectivity index is 1.71. The van der Waals surface area contributed by atoms with Crippen LogP contribution in [0.1, 0.15) is 32.1 Å². The smallest absolute Gasteiger partial charge is 0.303 e. The molecule has 4 unspecified atom stereocenters. The zero-order valence-corrected chi connectivity index (χ0v) is 19.3. The molecular weight excluding hydrogens is 469 g/mol. The average molecular weight is 493 g/mol. The molecule has 0 aliphatic heterocycles. The molecule has 0 heterocycles. The van der Waals surface area contributed by atoms with E-state index in [2.05, 4.69) is 23.0 Å². The Hall–Kier alpha value is -1.05. The minimum Gasteiger partial charge on any atom is -0.481 e. The second-order valence-corrected chi connectivity index (χ2v) is 10.8. The lowest BCUT2D eigenvalue weighted by molar-refractivity contribution is -0.137. The number of halogens is 3. The molecule has 0 radical (unpaired) electrons. The number of carboxylic acid groups (broad SMARTS) is 1. The number of allylic oxidation sites excluding steroid dienone is 4. The average Bonchev–Trinajstić information content (AvgIpc) is 2.66. The van der Waals surface area contributed by atoms with Gasteiger partial charge in [0.2, 0.25) is 10.0 Å². The van der Waals surface area contributed by atoms with E-state index in [9.17, 15) is 13.2 Å². The molecule has 1 aromatic carbocycles. The summed E-state index contributed by atoms with van der Waals surface area (Å²) in [7, 11) is -3.90. The number of rotatable bonds is 9. The van der Waals surface area contributed by atoms with Crippen molar-refractivity contribution < 1.29 is 18.3 Å². The van der Waals surface area contributed by atoms with Crippen molar-refractivity contribution in [1.82, 2.24) is 4.72 Å². The normalized spacial score (nSPS) is 25.8. The fourth-order valence-corrected chi connectivity index (χ4v) is 7.02. The maximum atomic E-state index is 12.9. The maximum Gasteiger partial charge on any atom is 0.303 e. The summed E-state index contributed by atoms with van der Waals surface area (Å²) in [6, 6.07) is 2.72. The van der Waals surface area contributed by atoms with Gasteiger partial charge in [-0.2, -0.15) is 0 Å². The van der Waals surface area contributed by atoms with Crippen LogP contribution in [0.2, 0.25) is 15.1 Å². The minimum absolute atomic E-state index is 0.0139. The molecule has 4 atom stereocenters. The predicted octanol–water partition coefficient (Wildman–Crippen LogP) is 5.56. The van der Waals surface area contributed by atoms with Crippen LogP contribution in [-0.4, -0.2) is 26.0 Å². The molecule has 1 fully saturated rings. The molecule has 9 heteroatoms. The van der Waals surface area contributed by atoms with Gasteiger partial charge < -0.3 is 5.11 Å². The molecule has 0 aromatic heterocycles. The number of carbonyl (C=O) groups is 1. The van der Waals surface area contributed by atoms with Crippen LogP contribution < -0.4 is 4.72 Å². The second kappa shape index (κ2) is 10.0. The monoisotopic (exact) mass is 491 g/mol. The van der Waals surface area contributed by atoms with Gasteiger partial charge in [-0.1, -0.05) is 59.1 Å². The Morgan fingerprint density at radius 2 is 1.77 bits per heavy atom. The van der Waals surface area contributed by atoms with Crippen molar-refractivity contribution in [3.05, 3.63) is 51.5 Å². The first-order valence-electron chi connectivity index (χ1n) is 9.90. The SMILES string of the molecule is O=C(O)CCC/C=C\C1C2C=CC(CC2)C1CNS(=O)(=O)c1c(Cl)cc(Cl)cc1Cl. The third-order valence-electron chi connectivity index (χ3n) is 5.84. The molecule has 5 nitrogen and oxygen atoms in total. The van der Waals surface area contributed by atoms with Crippen LogP contribution in [-0.2, 0) is 14.8 Å². The van der Waals surface area contributed by atoms with Crippen molar-refractivity contribution in [2.24, 2.45) is 23.7 Å². The number of benzene rings is 1. The second-order valence-electron chi connectivity index (χ2n) is 7.80. The molecule has 30 heavy (non-hydrogen) atoms. The van der Waals surface area contributed by atoms with Gasteiger partial charge >= 0.3 is 5.97 Å². The number of aliphatic carboxylic acids is 1. The van der Waals surface area contributed by atoms with Crippen LogP contribution in [0.4, 0.5) is 0 Å². The quantitative estimate of drug-likeness (QED) is 0.349. The number of hydrogen-bond acceptors (Lipinski definition) is 3. The predicted molar refractivity (Wildman–Crippen MR) is 120 cm³/mol. The van der Waals surface area contributed by atoms with Gasteiger partial charge in [-0.3, -0.25) is 4.79 Å². The van der Waals surface area contributed by atoms with E-state index < -0.39 is 16.0 Å². The first kappa shape index (κ1) is 23.6. The third-order valence-corrected chi connectivity index (χ3v) is 8.40.